The molecule has 1 unspecified atom stereocenters. The highest BCUT2D eigenvalue weighted by molar-refractivity contribution is 6.18. The second-order valence-electron chi connectivity index (χ2n) is 4.20. The minimum Gasteiger partial charge on any atom is -0.496 e. The van der Waals surface area contributed by atoms with Crippen LogP contribution in [0.3, 0.4) is 0 Å². The lowest BCUT2D eigenvalue weighted by atomic mass is 10.0. The van der Waals surface area contributed by atoms with Crippen LogP contribution < -0.4 is 9.47 Å². The van der Waals surface area contributed by atoms with Gasteiger partial charge in [-0.15, -0.1) is 11.6 Å². The molecule has 0 fully saturated rings. The molecule has 0 bridgehead atoms. The van der Waals surface area contributed by atoms with Crippen molar-refractivity contribution in [2.24, 2.45) is 0 Å². The maximum Gasteiger partial charge on any atom is 0.124 e. The van der Waals surface area contributed by atoms with Gasteiger partial charge in [0.1, 0.15) is 11.5 Å². The van der Waals surface area contributed by atoms with E-state index in [4.69, 9.17) is 21.1 Å². The highest BCUT2D eigenvalue weighted by atomic mass is 35.5. The quantitative estimate of drug-likeness (QED) is 0.757. The van der Waals surface area contributed by atoms with Crippen LogP contribution in [-0.4, -0.2) is 39.1 Å². The molecule has 0 radical (unpaired) electrons. The third-order valence-electron chi connectivity index (χ3n) is 2.88. The van der Waals surface area contributed by atoms with Crippen molar-refractivity contribution in [3.63, 3.8) is 0 Å². The molecule has 17 heavy (non-hydrogen) atoms. The van der Waals surface area contributed by atoms with Crippen LogP contribution in [0.1, 0.15) is 17.2 Å². The van der Waals surface area contributed by atoms with Crippen LogP contribution in [0.25, 0.3) is 0 Å². The van der Waals surface area contributed by atoms with Gasteiger partial charge in [-0.3, -0.25) is 0 Å². The van der Waals surface area contributed by atoms with Crippen molar-refractivity contribution in [3.8, 4) is 11.5 Å². The summed E-state index contributed by atoms with van der Waals surface area (Å²) in [6.07, 6.45) is 0. The SMILES string of the molecule is COc1cc(C(CCl)N(C)C)c(OC)cc1C. The predicted molar refractivity (Wildman–Crippen MR) is 71.4 cm³/mol. The van der Waals surface area contributed by atoms with Crippen molar-refractivity contribution in [2.45, 2.75) is 13.0 Å². The number of methoxy groups -OCH3 is 2. The number of benzene rings is 1. The minimum atomic E-state index is 0.112. The molecule has 0 amide bonds. The summed E-state index contributed by atoms with van der Waals surface area (Å²) in [4.78, 5) is 2.07. The Morgan fingerprint density at radius 1 is 1.18 bits per heavy atom. The van der Waals surface area contributed by atoms with Gasteiger partial charge in [-0.05, 0) is 38.7 Å². The molecule has 0 saturated carbocycles. The fourth-order valence-electron chi connectivity index (χ4n) is 1.83. The minimum absolute atomic E-state index is 0.112. The van der Waals surface area contributed by atoms with Crippen molar-refractivity contribution >= 4 is 11.6 Å². The monoisotopic (exact) mass is 257 g/mol. The molecule has 3 nitrogen and oxygen atoms in total. The number of hydrogen-bond donors (Lipinski definition) is 0. The Balaban J connectivity index is 3.28. The molecule has 1 aromatic rings. The summed E-state index contributed by atoms with van der Waals surface area (Å²) in [6, 6.07) is 4.10. The van der Waals surface area contributed by atoms with E-state index in [2.05, 4.69) is 4.90 Å². The highest BCUT2D eigenvalue weighted by Crippen LogP contribution is 2.34. The van der Waals surface area contributed by atoms with Crippen LogP contribution in [0.15, 0.2) is 12.1 Å². The van der Waals surface area contributed by atoms with E-state index < -0.39 is 0 Å². The summed E-state index contributed by atoms with van der Waals surface area (Å²) in [7, 11) is 7.34. The molecule has 0 aliphatic heterocycles. The van der Waals surface area contributed by atoms with Gasteiger partial charge >= 0.3 is 0 Å². The van der Waals surface area contributed by atoms with Gasteiger partial charge in [0.2, 0.25) is 0 Å². The summed E-state index contributed by atoms with van der Waals surface area (Å²) in [6.45, 7) is 2.00. The Kier molecular flexibility index (Phi) is 5.09. The van der Waals surface area contributed by atoms with Gasteiger partial charge in [-0.25, -0.2) is 0 Å². The molecule has 96 valence electrons. The summed E-state index contributed by atoms with van der Waals surface area (Å²) >= 11 is 6.02. The van der Waals surface area contributed by atoms with E-state index >= 15 is 0 Å². The van der Waals surface area contributed by atoms with Gasteiger partial charge in [0.15, 0.2) is 0 Å². The fourth-order valence-corrected chi connectivity index (χ4v) is 2.28. The average molecular weight is 258 g/mol. The number of rotatable bonds is 5. The summed E-state index contributed by atoms with van der Waals surface area (Å²) < 4.78 is 10.8. The molecule has 1 aromatic carbocycles. The van der Waals surface area contributed by atoms with Crippen molar-refractivity contribution in [1.82, 2.24) is 4.90 Å². The van der Waals surface area contributed by atoms with E-state index in [1.165, 1.54) is 0 Å². The van der Waals surface area contributed by atoms with Crippen LogP contribution in [0.4, 0.5) is 0 Å². The third kappa shape index (κ3) is 3.05. The first-order valence-electron chi connectivity index (χ1n) is 5.50. The molecule has 0 spiro atoms. The zero-order valence-corrected chi connectivity index (χ0v) is 11.8. The van der Waals surface area contributed by atoms with Crippen molar-refractivity contribution in [1.29, 1.82) is 0 Å². The standard InChI is InChI=1S/C13H20ClNO2/c1-9-6-13(17-5)10(7-12(9)16-4)11(8-14)15(2)3/h6-7,11H,8H2,1-5H3. The number of nitrogens with zero attached hydrogens (tertiary/aromatic N) is 1. The van der Waals surface area contributed by atoms with E-state index in [1.54, 1.807) is 14.2 Å². The molecule has 0 aliphatic rings. The normalized spacial score (nSPS) is 12.6. The molecule has 1 atom stereocenters. The first-order chi connectivity index (χ1) is 8.04. The van der Waals surface area contributed by atoms with Gasteiger partial charge in [-0.2, -0.15) is 0 Å². The fraction of sp³-hybridized carbons (Fsp3) is 0.538. The van der Waals surface area contributed by atoms with Gasteiger partial charge in [0, 0.05) is 11.4 Å². The Labute approximate surface area is 108 Å². The second kappa shape index (κ2) is 6.12. The van der Waals surface area contributed by atoms with Gasteiger partial charge in [0.05, 0.1) is 20.3 Å². The number of ether oxygens (including phenoxy) is 2. The molecular weight excluding hydrogens is 238 g/mol. The zero-order valence-electron chi connectivity index (χ0n) is 11.1. The van der Waals surface area contributed by atoms with Crippen LogP contribution >= 0.6 is 11.6 Å². The number of hydrogen-bond acceptors (Lipinski definition) is 3. The van der Waals surface area contributed by atoms with E-state index in [9.17, 15) is 0 Å². The lowest BCUT2D eigenvalue weighted by Gasteiger charge is -2.25. The van der Waals surface area contributed by atoms with Crippen LogP contribution in [0.2, 0.25) is 0 Å². The maximum absolute atomic E-state index is 6.02. The van der Waals surface area contributed by atoms with Crippen LogP contribution in [0, 0.1) is 6.92 Å². The second-order valence-corrected chi connectivity index (χ2v) is 4.51. The zero-order chi connectivity index (χ0) is 13.0. The lowest BCUT2D eigenvalue weighted by Crippen LogP contribution is -2.22. The Morgan fingerprint density at radius 2 is 1.76 bits per heavy atom. The van der Waals surface area contributed by atoms with Crippen LogP contribution in [0.5, 0.6) is 11.5 Å². The van der Waals surface area contributed by atoms with E-state index in [0.717, 1.165) is 22.6 Å². The van der Waals surface area contributed by atoms with Gasteiger partial charge in [-0.1, -0.05) is 0 Å². The lowest BCUT2D eigenvalue weighted by molar-refractivity contribution is 0.309. The molecule has 0 heterocycles. The topological polar surface area (TPSA) is 21.7 Å². The van der Waals surface area contributed by atoms with Gasteiger partial charge < -0.3 is 14.4 Å². The average Bonchev–Trinajstić information content (AvgIpc) is 2.30. The Hall–Kier alpha value is -0.930. The van der Waals surface area contributed by atoms with Gasteiger partial charge in [0.25, 0.3) is 0 Å². The molecule has 0 aromatic heterocycles. The molecule has 1 rings (SSSR count). The molecule has 0 aliphatic carbocycles. The Bertz CT molecular complexity index is 380. The van der Waals surface area contributed by atoms with Crippen molar-refractivity contribution in [3.05, 3.63) is 23.3 Å². The predicted octanol–water partition coefficient (Wildman–Crippen LogP) is 2.85. The third-order valence-corrected chi connectivity index (χ3v) is 3.17. The number of alkyl halides is 1. The number of halogens is 1. The smallest absolute Gasteiger partial charge is 0.124 e. The molecule has 0 saturated heterocycles. The summed E-state index contributed by atoms with van der Waals surface area (Å²) in [5.74, 6) is 2.22. The highest BCUT2D eigenvalue weighted by Gasteiger charge is 2.19. The molecule has 4 heteroatoms. The summed E-state index contributed by atoms with van der Waals surface area (Å²) in [5.41, 5.74) is 2.11. The maximum atomic E-state index is 6.02. The Morgan fingerprint density at radius 3 is 2.18 bits per heavy atom. The first kappa shape index (κ1) is 14.1. The van der Waals surface area contributed by atoms with E-state index in [-0.39, 0.29) is 6.04 Å². The number of aryl methyl sites for hydroxylation is 1. The van der Waals surface area contributed by atoms with E-state index in [1.807, 2.05) is 33.2 Å². The molecule has 0 N–H and O–H groups in total. The first-order valence-corrected chi connectivity index (χ1v) is 6.03. The van der Waals surface area contributed by atoms with Crippen LogP contribution in [-0.2, 0) is 0 Å². The molecular formula is C13H20ClNO2. The summed E-state index contributed by atoms with van der Waals surface area (Å²) in [5, 5.41) is 0. The van der Waals surface area contributed by atoms with E-state index in [0.29, 0.717) is 5.88 Å². The van der Waals surface area contributed by atoms with Crippen molar-refractivity contribution in [2.75, 3.05) is 34.2 Å². The van der Waals surface area contributed by atoms with Crippen molar-refractivity contribution < 1.29 is 9.47 Å². The largest absolute Gasteiger partial charge is 0.496 e.